The summed E-state index contributed by atoms with van der Waals surface area (Å²) in [5, 5.41) is 4.07. The number of hydrogen-bond acceptors (Lipinski definition) is 4. The van der Waals surface area contributed by atoms with E-state index in [1.165, 1.54) is 25.7 Å². The smallest absolute Gasteiger partial charge is 0.137 e. The first-order chi connectivity index (χ1) is 9.84. The Morgan fingerprint density at radius 3 is 2.67 bits per heavy atom. The third kappa shape index (κ3) is 3.67. The van der Waals surface area contributed by atoms with Gasteiger partial charge in [0, 0.05) is 17.6 Å². The molecule has 2 rings (SSSR count). The van der Waals surface area contributed by atoms with Gasteiger partial charge in [-0.15, -0.1) is 0 Å². The van der Waals surface area contributed by atoms with Gasteiger partial charge in [0.25, 0.3) is 0 Å². The Bertz CT molecular complexity index is 503. The highest BCUT2D eigenvalue weighted by molar-refractivity contribution is 6.30. The number of nitrogens with one attached hydrogen (secondary N) is 1. The van der Waals surface area contributed by atoms with Gasteiger partial charge in [-0.3, -0.25) is 0 Å². The molecule has 2 atom stereocenters. The molecule has 1 fully saturated rings. The van der Waals surface area contributed by atoms with Crippen LogP contribution in [0.4, 0.5) is 5.82 Å². The number of halogens is 1. The maximum absolute atomic E-state index is 6.16. The minimum atomic E-state index is 0.204. The predicted molar refractivity (Wildman–Crippen MR) is 89.1 cm³/mol. The Hall–Kier alpha value is -0.870. The molecule has 1 aromatic heterocycles. The fraction of sp³-hybridized carbons (Fsp3) is 0.750. The number of likely N-dealkylation sites (N-methyl/N-ethyl adjacent to an activating group) is 1. The lowest BCUT2D eigenvalue weighted by Gasteiger charge is -2.45. The molecule has 1 aliphatic carbocycles. The molecular formula is C16H27ClN4. The fourth-order valence-electron chi connectivity index (χ4n) is 3.37. The number of rotatable bonds is 4. The van der Waals surface area contributed by atoms with Gasteiger partial charge in [-0.05, 0) is 46.7 Å². The fourth-order valence-corrected chi connectivity index (χ4v) is 3.58. The summed E-state index contributed by atoms with van der Waals surface area (Å²) >= 11 is 6.16. The predicted octanol–water partition coefficient (Wildman–Crippen LogP) is 3.67. The Kier molecular flexibility index (Phi) is 5.10. The van der Waals surface area contributed by atoms with Crippen LogP contribution in [-0.2, 0) is 0 Å². The molecule has 5 heteroatoms. The molecule has 0 radical (unpaired) electrons. The van der Waals surface area contributed by atoms with Crippen LogP contribution in [0, 0.1) is 19.8 Å². The third-order valence-electron chi connectivity index (χ3n) is 4.80. The number of hydrogen-bond donors (Lipinski definition) is 1. The van der Waals surface area contributed by atoms with Gasteiger partial charge in [-0.25, -0.2) is 9.97 Å². The molecule has 0 aromatic carbocycles. The molecular weight excluding hydrogens is 284 g/mol. The van der Waals surface area contributed by atoms with E-state index in [9.17, 15) is 0 Å². The minimum absolute atomic E-state index is 0.204. The quantitative estimate of drug-likeness (QED) is 0.862. The van der Waals surface area contributed by atoms with Gasteiger partial charge in [-0.1, -0.05) is 31.4 Å². The van der Waals surface area contributed by atoms with Crippen molar-refractivity contribution in [1.82, 2.24) is 14.9 Å². The van der Waals surface area contributed by atoms with Crippen molar-refractivity contribution >= 4 is 17.4 Å². The van der Waals surface area contributed by atoms with E-state index in [4.69, 9.17) is 11.6 Å². The van der Waals surface area contributed by atoms with Crippen LogP contribution in [-0.4, -0.2) is 41.0 Å². The monoisotopic (exact) mass is 310 g/mol. The van der Waals surface area contributed by atoms with Gasteiger partial charge in [0.1, 0.15) is 16.8 Å². The van der Waals surface area contributed by atoms with Crippen molar-refractivity contribution < 1.29 is 0 Å². The van der Waals surface area contributed by atoms with E-state index < -0.39 is 0 Å². The minimum Gasteiger partial charge on any atom is -0.368 e. The molecule has 1 heterocycles. The van der Waals surface area contributed by atoms with Gasteiger partial charge < -0.3 is 10.2 Å². The van der Waals surface area contributed by atoms with Gasteiger partial charge in [0.05, 0.1) is 0 Å². The zero-order valence-electron chi connectivity index (χ0n) is 13.8. The van der Waals surface area contributed by atoms with Crippen LogP contribution < -0.4 is 5.32 Å². The van der Waals surface area contributed by atoms with Crippen LogP contribution in [0.2, 0.25) is 5.15 Å². The number of anilines is 1. The Morgan fingerprint density at radius 1 is 1.33 bits per heavy atom. The molecule has 1 saturated carbocycles. The van der Waals surface area contributed by atoms with Crippen molar-refractivity contribution in [2.45, 2.75) is 52.0 Å². The molecule has 0 aliphatic heterocycles. The summed E-state index contributed by atoms with van der Waals surface area (Å²) in [6.45, 7) is 7.10. The van der Waals surface area contributed by atoms with Gasteiger partial charge >= 0.3 is 0 Å². The first-order valence-electron chi connectivity index (χ1n) is 7.76. The van der Waals surface area contributed by atoms with Crippen LogP contribution in [0.3, 0.4) is 0 Å². The van der Waals surface area contributed by atoms with Gasteiger partial charge in [0.15, 0.2) is 0 Å². The first-order valence-corrected chi connectivity index (χ1v) is 8.14. The summed E-state index contributed by atoms with van der Waals surface area (Å²) < 4.78 is 0. The summed E-state index contributed by atoms with van der Waals surface area (Å²) in [6, 6.07) is 0. The lowest BCUT2D eigenvalue weighted by molar-refractivity contribution is 0.0881. The van der Waals surface area contributed by atoms with E-state index in [1.807, 2.05) is 13.8 Å². The molecule has 1 aliphatic rings. The Balaban J connectivity index is 2.16. The van der Waals surface area contributed by atoms with E-state index >= 15 is 0 Å². The highest BCUT2D eigenvalue weighted by Gasteiger charge is 2.36. The zero-order valence-corrected chi connectivity index (χ0v) is 14.6. The van der Waals surface area contributed by atoms with E-state index in [2.05, 4.69) is 41.2 Å². The topological polar surface area (TPSA) is 41.1 Å². The van der Waals surface area contributed by atoms with Crippen molar-refractivity contribution in [1.29, 1.82) is 0 Å². The zero-order chi connectivity index (χ0) is 15.6. The molecule has 1 aromatic rings. The summed E-state index contributed by atoms with van der Waals surface area (Å²) in [5.41, 5.74) is 1.13. The van der Waals surface area contributed by atoms with E-state index in [-0.39, 0.29) is 5.54 Å². The largest absolute Gasteiger partial charge is 0.368 e. The normalized spacial score (nSPS) is 26.1. The maximum atomic E-state index is 6.16. The molecule has 0 spiro atoms. The lowest BCUT2D eigenvalue weighted by atomic mass is 9.75. The molecule has 118 valence electrons. The molecule has 1 N–H and O–H groups in total. The van der Waals surface area contributed by atoms with Crippen molar-refractivity contribution in [2.24, 2.45) is 5.92 Å². The summed E-state index contributed by atoms with van der Waals surface area (Å²) in [6.07, 6.45) is 5.09. The van der Waals surface area contributed by atoms with Crippen molar-refractivity contribution in [3.8, 4) is 0 Å². The van der Waals surface area contributed by atoms with Gasteiger partial charge in [0.2, 0.25) is 0 Å². The van der Waals surface area contributed by atoms with E-state index in [0.717, 1.165) is 23.8 Å². The molecule has 4 nitrogen and oxygen atoms in total. The number of nitrogens with zero attached hydrogens (tertiary/aromatic N) is 3. The van der Waals surface area contributed by atoms with E-state index in [0.29, 0.717) is 11.0 Å². The maximum Gasteiger partial charge on any atom is 0.137 e. The lowest BCUT2D eigenvalue weighted by Crippen LogP contribution is -2.52. The second-order valence-corrected chi connectivity index (χ2v) is 7.07. The summed E-state index contributed by atoms with van der Waals surface area (Å²) in [5.74, 6) is 2.36. The molecule has 0 bridgehead atoms. The van der Waals surface area contributed by atoms with Gasteiger partial charge in [-0.2, -0.15) is 0 Å². The SMILES string of the molecule is Cc1nc(Cl)c(C)c(NCC2(N(C)C)CCCC(C)C2)n1. The van der Waals surface area contributed by atoms with Crippen LogP contribution in [0.15, 0.2) is 0 Å². The molecule has 21 heavy (non-hydrogen) atoms. The second kappa shape index (κ2) is 6.49. The summed E-state index contributed by atoms with van der Waals surface area (Å²) in [7, 11) is 4.37. The van der Waals surface area contributed by atoms with Crippen molar-refractivity contribution in [3.05, 3.63) is 16.5 Å². The molecule has 2 unspecified atom stereocenters. The Labute approximate surface area is 133 Å². The van der Waals surface area contributed by atoms with Crippen LogP contribution in [0.5, 0.6) is 0 Å². The number of aryl methyl sites for hydroxylation is 1. The highest BCUT2D eigenvalue weighted by Crippen LogP contribution is 2.36. The van der Waals surface area contributed by atoms with E-state index in [1.54, 1.807) is 0 Å². The number of aromatic nitrogens is 2. The summed E-state index contributed by atoms with van der Waals surface area (Å²) in [4.78, 5) is 11.1. The molecule has 0 amide bonds. The van der Waals surface area contributed by atoms with Crippen LogP contribution >= 0.6 is 11.6 Å². The molecule has 0 saturated heterocycles. The van der Waals surface area contributed by atoms with Crippen LogP contribution in [0.25, 0.3) is 0 Å². The van der Waals surface area contributed by atoms with Crippen LogP contribution in [0.1, 0.15) is 44.0 Å². The highest BCUT2D eigenvalue weighted by atomic mass is 35.5. The van der Waals surface area contributed by atoms with Crippen molar-refractivity contribution in [3.63, 3.8) is 0 Å². The van der Waals surface area contributed by atoms with Crippen molar-refractivity contribution in [2.75, 3.05) is 26.0 Å². The second-order valence-electron chi connectivity index (χ2n) is 6.71. The average molecular weight is 311 g/mol. The standard InChI is InChI=1S/C16H27ClN4/c1-11-7-6-8-16(9-11,21(4)5)10-18-15-12(2)14(17)19-13(3)20-15/h11H,6-10H2,1-5H3,(H,18,19,20). The average Bonchev–Trinajstić information content (AvgIpc) is 2.41. The first kappa shape index (κ1) is 16.5. The Morgan fingerprint density at radius 2 is 2.05 bits per heavy atom. The third-order valence-corrected chi connectivity index (χ3v) is 5.17.